The van der Waals surface area contributed by atoms with Crippen LogP contribution in [-0.2, 0) is 4.79 Å². The number of amides is 1. The number of allylic oxidation sites excluding steroid dienone is 3. The lowest BCUT2D eigenvalue weighted by molar-refractivity contribution is -0.127. The molecule has 1 fully saturated rings. The third-order valence-electron chi connectivity index (χ3n) is 2.62. The minimum Gasteiger partial charge on any atom is -0.349 e. The Morgan fingerprint density at radius 3 is 2.92 bits per heavy atom. The zero-order valence-corrected chi connectivity index (χ0v) is 7.75. The molecule has 2 nitrogen and oxygen atoms in total. The van der Waals surface area contributed by atoms with Crippen molar-refractivity contribution in [3.05, 3.63) is 23.8 Å². The van der Waals surface area contributed by atoms with Crippen LogP contribution in [0.1, 0.15) is 32.1 Å². The Balaban J connectivity index is 1.82. The minimum atomic E-state index is 0.173. The molecule has 0 aromatic rings. The van der Waals surface area contributed by atoms with Gasteiger partial charge in [0.1, 0.15) is 0 Å². The topological polar surface area (TPSA) is 29.1 Å². The van der Waals surface area contributed by atoms with Gasteiger partial charge in [-0.15, -0.1) is 0 Å². The Morgan fingerprint density at radius 2 is 2.31 bits per heavy atom. The first-order chi connectivity index (χ1) is 6.34. The minimum absolute atomic E-state index is 0.173. The van der Waals surface area contributed by atoms with Crippen molar-refractivity contribution < 1.29 is 4.79 Å². The highest BCUT2D eigenvalue weighted by Gasteiger charge is 2.21. The van der Waals surface area contributed by atoms with Crippen LogP contribution in [0.15, 0.2) is 23.8 Å². The maximum Gasteiger partial charge on any atom is 0.222 e. The number of rotatable bonds is 2. The van der Waals surface area contributed by atoms with Gasteiger partial charge in [0.15, 0.2) is 0 Å². The molecule has 1 atom stereocenters. The van der Waals surface area contributed by atoms with Crippen LogP contribution in [0.25, 0.3) is 0 Å². The lowest BCUT2D eigenvalue weighted by Gasteiger charge is -2.23. The van der Waals surface area contributed by atoms with E-state index in [0.717, 1.165) is 0 Å². The molecule has 70 valence electrons. The molecule has 1 aliphatic heterocycles. The number of hydrogen-bond acceptors (Lipinski definition) is 1. The van der Waals surface area contributed by atoms with E-state index < -0.39 is 0 Å². The van der Waals surface area contributed by atoms with Crippen LogP contribution >= 0.6 is 0 Å². The summed E-state index contributed by atoms with van der Waals surface area (Å²) in [6.07, 6.45) is 12.3. The number of β-lactam (4-membered cyclic amide) rings is 1. The van der Waals surface area contributed by atoms with Crippen molar-refractivity contribution in [3.63, 3.8) is 0 Å². The van der Waals surface area contributed by atoms with Crippen molar-refractivity contribution >= 4 is 5.91 Å². The molecule has 1 saturated heterocycles. The first-order valence-corrected chi connectivity index (χ1v) is 5.01. The third kappa shape index (κ3) is 2.20. The van der Waals surface area contributed by atoms with Crippen LogP contribution in [0.3, 0.4) is 0 Å². The van der Waals surface area contributed by atoms with E-state index in [1.807, 2.05) is 0 Å². The predicted octanol–water partition coefficient (Wildman–Crippen LogP) is 1.93. The molecule has 1 amide bonds. The van der Waals surface area contributed by atoms with Crippen molar-refractivity contribution in [2.24, 2.45) is 0 Å². The summed E-state index contributed by atoms with van der Waals surface area (Å²) in [5.41, 5.74) is 1.44. The fraction of sp³-hybridized carbons (Fsp3) is 0.545. The Morgan fingerprint density at radius 1 is 1.46 bits per heavy atom. The number of nitrogens with one attached hydrogen (secondary N) is 1. The van der Waals surface area contributed by atoms with Gasteiger partial charge in [-0.1, -0.05) is 23.8 Å². The molecule has 2 heteroatoms. The van der Waals surface area contributed by atoms with Gasteiger partial charge in [-0.3, -0.25) is 4.79 Å². The van der Waals surface area contributed by atoms with Gasteiger partial charge in [-0.05, 0) is 25.7 Å². The molecular weight excluding hydrogens is 162 g/mol. The predicted molar refractivity (Wildman–Crippen MR) is 52.2 cm³/mol. The highest BCUT2D eigenvalue weighted by atomic mass is 16.2. The second kappa shape index (κ2) is 3.77. The Kier molecular flexibility index (Phi) is 2.48. The summed E-state index contributed by atoms with van der Waals surface area (Å²) in [4.78, 5) is 10.6. The lowest BCUT2D eigenvalue weighted by atomic mass is 9.97. The molecule has 0 aromatic carbocycles. The summed E-state index contributed by atoms with van der Waals surface area (Å²) in [7, 11) is 0. The molecule has 0 bridgehead atoms. The SMILES string of the molecule is O=C1CC(/C=C/C2=CCCCC2)N1. The molecule has 1 aliphatic carbocycles. The standard InChI is InChI=1S/C11H15NO/c13-11-8-10(12-11)7-6-9-4-2-1-3-5-9/h4,6-7,10H,1-3,5,8H2,(H,12,13)/b7-6+. The Labute approximate surface area is 78.7 Å². The first kappa shape index (κ1) is 8.54. The zero-order chi connectivity index (χ0) is 9.10. The Hall–Kier alpha value is -1.05. The maximum absolute atomic E-state index is 10.6. The van der Waals surface area contributed by atoms with Gasteiger partial charge in [-0.25, -0.2) is 0 Å². The summed E-state index contributed by atoms with van der Waals surface area (Å²) in [6, 6.07) is 0.301. The van der Waals surface area contributed by atoms with E-state index >= 15 is 0 Å². The molecule has 0 radical (unpaired) electrons. The maximum atomic E-state index is 10.6. The van der Waals surface area contributed by atoms with Crippen LogP contribution in [0.4, 0.5) is 0 Å². The van der Waals surface area contributed by atoms with Gasteiger partial charge in [0, 0.05) is 0 Å². The molecule has 1 unspecified atom stereocenters. The summed E-state index contributed by atoms with van der Waals surface area (Å²) in [5.74, 6) is 0.173. The lowest BCUT2D eigenvalue weighted by Crippen LogP contribution is -2.47. The van der Waals surface area contributed by atoms with Crippen LogP contribution in [0.5, 0.6) is 0 Å². The number of carbonyl (C=O) groups is 1. The van der Waals surface area contributed by atoms with Gasteiger partial charge in [0.05, 0.1) is 12.5 Å². The van der Waals surface area contributed by atoms with E-state index in [-0.39, 0.29) is 5.91 Å². The van der Waals surface area contributed by atoms with Crippen LogP contribution in [0, 0.1) is 0 Å². The van der Waals surface area contributed by atoms with Crippen LogP contribution in [0.2, 0.25) is 0 Å². The average Bonchev–Trinajstić information content (AvgIpc) is 2.12. The highest BCUT2D eigenvalue weighted by molar-refractivity contribution is 5.83. The van der Waals surface area contributed by atoms with E-state index in [1.165, 1.54) is 31.3 Å². The fourth-order valence-corrected chi connectivity index (χ4v) is 1.76. The quantitative estimate of drug-likeness (QED) is 0.641. The number of carbonyl (C=O) groups excluding carboxylic acids is 1. The Bertz CT molecular complexity index is 257. The number of hydrogen-bond donors (Lipinski definition) is 1. The van der Waals surface area contributed by atoms with Crippen LogP contribution in [-0.4, -0.2) is 11.9 Å². The van der Waals surface area contributed by atoms with E-state index in [4.69, 9.17) is 0 Å². The van der Waals surface area contributed by atoms with Gasteiger partial charge >= 0.3 is 0 Å². The second-order valence-corrected chi connectivity index (χ2v) is 3.76. The van der Waals surface area contributed by atoms with Crippen molar-refractivity contribution in [1.29, 1.82) is 0 Å². The van der Waals surface area contributed by atoms with E-state index in [9.17, 15) is 4.79 Å². The molecule has 1 N–H and O–H groups in total. The monoisotopic (exact) mass is 177 g/mol. The van der Waals surface area contributed by atoms with Gasteiger partial charge in [-0.2, -0.15) is 0 Å². The van der Waals surface area contributed by atoms with Gasteiger partial charge < -0.3 is 5.32 Å². The summed E-state index contributed by atoms with van der Waals surface area (Å²) >= 11 is 0. The second-order valence-electron chi connectivity index (χ2n) is 3.76. The summed E-state index contributed by atoms with van der Waals surface area (Å²) in [5, 5.41) is 2.83. The molecule has 2 rings (SSSR count). The van der Waals surface area contributed by atoms with Crippen LogP contribution < -0.4 is 5.32 Å². The van der Waals surface area contributed by atoms with Crippen molar-refractivity contribution in [2.75, 3.05) is 0 Å². The van der Waals surface area contributed by atoms with Crippen molar-refractivity contribution in [2.45, 2.75) is 38.1 Å². The van der Waals surface area contributed by atoms with Crippen molar-refractivity contribution in [3.8, 4) is 0 Å². The zero-order valence-electron chi connectivity index (χ0n) is 7.75. The van der Waals surface area contributed by atoms with E-state index in [1.54, 1.807) is 0 Å². The molecular formula is C11H15NO. The molecule has 0 saturated carbocycles. The van der Waals surface area contributed by atoms with Crippen molar-refractivity contribution in [1.82, 2.24) is 5.32 Å². The van der Waals surface area contributed by atoms with E-state index in [0.29, 0.717) is 12.5 Å². The largest absolute Gasteiger partial charge is 0.349 e. The molecule has 1 heterocycles. The van der Waals surface area contributed by atoms with Gasteiger partial charge in [0.2, 0.25) is 5.91 Å². The molecule has 0 spiro atoms. The molecule has 2 aliphatic rings. The molecule has 0 aromatic heterocycles. The average molecular weight is 177 g/mol. The fourth-order valence-electron chi connectivity index (χ4n) is 1.76. The first-order valence-electron chi connectivity index (χ1n) is 5.01. The van der Waals surface area contributed by atoms with E-state index in [2.05, 4.69) is 23.5 Å². The van der Waals surface area contributed by atoms with Gasteiger partial charge in [0.25, 0.3) is 0 Å². The summed E-state index contributed by atoms with van der Waals surface area (Å²) < 4.78 is 0. The third-order valence-corrected chi connectivity index (χ3v) is 2.62. The molecule has 13 heavy (non-hydrogen) atoms. The normalized spacial score (nSPS) is 28.2. The summed E-state index contributed by atoms with van der Waals surface area (Å²) in [6.45, 7) is 0. The smallest absolute Gasteiger partial charge is 0.222 e. The highest BCUT2D eigenvalue weighted by Crippen LogP contribution is 2.19.